The van der Waals surface area contributed by atoms with Gasteiger partial charge in [-0.15, -0.1) is 0 Å². The van der Waals surface area contributed by atoms with Crippen molar-refractivity contribution < 1.29 is 23.8 Å². The maximum absolute atomic E-state index is 13.4. The summed E-state index contributed by atoms with van der Waals surface area (Å²) < 4.78 is 18.9. The predicted octanol–water partition coefficient (Wildman–Crippen LogP) is 1.30. The van der Waals surface area contributed by atoms with Gasteiger partial charge in [0.25, 0.3) is 7.37 Å². The molecule has 0 spiro atoms. The SMILES string of the molecule is NC(CC(=O)COP(=O)(c1ccccc1)c1ccccc1)C(=O)O. The Bertz CT molecular complexity index is 705. The van der Waals surface area contributed by atoms with E-state index in [2.05, 4.69) is 0 Å². The molecule has 0 aromatic heterocycles. The van der Waals surface area contributed by atoms with Crippen LogP contribution in [0.1, 0.15) is 6.42 Å². The first-order valence-corrected chi connectivity index (χ1v) is 8.92. The summed E-state index contributed by atoms with van der Waals surface area (Å²) in [6.07, 6.45) is -0.376. The van der Waals surface area contributed by atoms with Crippen LogP contribution in [0, 0.1) is 0 Å². The average molecular weight is 347 g/mol. The maximum Gasteiger partial charge on any atom is 0.320 e. The van der Waals surface area contributed by atoms with Gasteiger partial charge in [-0.25, -0.2) is 0 Å². The van der Waals surface area contributed by atoms with Crippen molar-refractivity contribution in [3.63, 3.8) is 0 Å². The molecule has 24 heavy (non-hydrogen) atoms. The molecular formula is C17H18NO5P. The van der Waals surface area contributed by atoms with E-state index in [1.807, 2.05) is 0 Å². The lowest BCUT2D eigenvalue weighted by molar-refractivity contribution is -0.140. The van der Waals surface area contributed by atoms with E-state index in [1.54, 1.807) is 60.7 Å². The molecule has 3 N–H and O–H groups in total. The highest BCUT2D eigenvalue weighted by molar-refractivity contribution is 7.74. The fraction of sp³-hybridized carbons (Fsp3) is 0.176. The van der Waals surface area contributed by atoms with Gasteiger partial charge < -0.3 is 15.4 Å². The van der Waals surface area contributed by atoms with E-state index >= 15 is 0 Å². The number of benzene rings is 2. The van der Waals surface area contributed by atoms with E-state index < -0.39 is 31.8 Å². The first-order chi connectivity index (χ1) is 11.4. The van der Waals surface area contributed by atoms with Crippen LogP contribution in [0.4, 0.5) is 0 Å². The van der Waals surface area contributed by atoms with Crippen molar-refractivity contribution in [3.8, 4) is 0 Å². The number of carbonyl (C=O) groups is 2. The third-order valence-corrected chi connectivity index (χ3v) is 5.81. The Morgan fingerprint density at radius 2 is 1.46 bits per heavy atom. The minimum atomic E-state index is -3.45. The van der Waals surface area contributed by atoms with E-state index in [0.29, 0.717) is 10.6 Å². The van der Waals surface area contributed by atoms with Gasteiger partial charge >= 0.3 is 5.97 Å². The topological polar surface area (TPSA) is 107 Å². The molecule has 0 amide bonds. The molecule has 0 saturated heterocycles. The number of carbonyl (C=O) groups excluding carboxylic acids is 1. The summed E-state index contributed by atoms with van der Waals surface area (Å²) in [5, 5.41) is 9.67. The number of aliphatic carboxylic acids is 1. The Hall–Kier alpha value is -2.27. The zero-order chi connectivity index (χ0) is 17.6. The largest absolute Gasteiger partial charge is 0.480 e. The van der Waals surface area contributed by atoms with Crippen molar-refractivity contribution in [2.75, 3.05) is 6.61 Å². The number of Topliss-reactive ketones (excluding diaryl/α,β-unsaturated/α-hetero) is 1. The molecule has 0 radical (unpaired) electrons. The van der Waals surface area contributed by atoms with Crippen molar-refractivity contribution in [1.82, 2.24) is 0 Å². The number of carboxylic acid groups (broad SMARTS) is 1. The fourth-order valence-corrected chi connectivity index (χ4v) is 4.15. The van der Waals surface area contributed by atoms with Gasteiger partial charge in [-0.3, -0.25) is 14.2 Å². The molecule has 1 unspecified atom stereocenters. The summed E-state index contributed by atoms with van der Waals surface area (Å²) in [7, 11) is -3.45. The molecule has 0 saturated carbocycles. The second-order valence-corrected chi connectivity index (χ2v) is 7.58. The van der Waals surface area contributed by atoms with Crippen LogP contribution in [0.15, 0.2) is 60.7 Å². The third kappa shape index (κ3) is 4.38. The minimum Gasteiger partial charge on any atom is -0.480 e. The van der Waals surface area contributed by atoms with Crippen molar-refractivity contribution in [2.45, 2.75) is 12.5 Å². The highest BCUT2D eigenvalue weighted by Crippen LogP contribution is 2.44. The highest BCUT2D eigenvalue weighted by Gasteiger charge is 2.29. The number of ketones is 1. The van der Waals surface area contributed by atoms with Crippen LogP contribution < -0.4 is 16.3 Å². The lowest BCUT2D eigenvalue weighted by Gasteiger charge is -2.19. The summed E-state index contributed by atoms with van der Waals surface area (Å²) in [5.74, 6) is -1.78. The first kappa shape index (κ1) is 18.1. The summed E-state index contributed by atoms with van der Waals surface area (Å²) >= 11 is 0. The van der Waals surface area contributed by atoms with Crippen LogP contribution in [-0.2, 0) is 18.7 Å². The van der Waals surface area contributed by atoms with Crippen molar-refractivity contribution in [2.24, 2.45) is 5.73 Å². The number of hydrogen-bond acceptors (Lipinski definition) is 5. The molecule has 126 valence electrons. The lowest BCUT2D eigenvalue weighted by Crippen LogP contribution is -2.33. The van der Waals surface area contributed by atoms with E-state index in [0.717, 1.165) is 0 Å². The number of carboxylic acids is 1. The second kappa shape index (κ2) is 8.02. The Kier molecular flexibility index (Phi) is 6.04. The number of nitrogens with two attached hydrogens (primary N) is 1. The van der Waals surface area contributed by atoms with E-state index in [4.69, 9.17) is 15.4 Å². The van der Waals surface area contributed by atoms with Crippen molar-refractivity contribution in [3.05, 3.63) is 60.7 Å². The molecule has 0 bridgehead atoms. The first-order valence-electron chi connectivity index (χ1n) is 7.29. The van der Waals surface area contributed by atoms with Crippen LogP contribution in [0.2, 0.25) is 0 Å². The quantitative estimate of drug-likeness (QED) is 0.697. The smallest absolute Gasteiger partial charge is 0.320 e. The number of rotatable bonds is 8. The summed E-state index contributed by atoms with van der Waals surface area (Å²) in [6.45, 7) is -0.470. The molecule has 2 aromatic rings. The molecule has 0 aliphatic heterocycles. The van der Waals surface area contributed by atoms with Gasteiger partial charge in [0.15, 0.2) is 5.78 Å². The molecular weight excluding hydrogens is 329 g/mol. The maximum atomic E-state index is 13.4. The van der Waals surface area contributed by atoms with E-state index in [-0.39, 0.29) is 6.42 Å². The predicted molar refractivity (Wildman–Crippen MR) is 90.9 cm³/mol. The van der Waals surface area contributed by atoms with Crippen molar-refractivity contribution in [1.29, 1.82) is 0 Å². The molecule has 2 rings (SSSR count). The molecule has 6 nitrogen and oxygen atoms in total. The van der Waals surface area contributed by atoms with Gasteiger partial charge in [-0.2, -0.15) is 0 Å². The van der Waals surface area contributed by atoms with E-state index in [1.165, 1.54) is 0 Å². The summed E-state index contributed by atoms with van der Waals surface area (Å²) in [4.78, 5) is 22.6. The molecule has 0 fully saturated rings. The Morgan fingerprint density at radius 3 is 1.88 bits per heavy atom. The fourth-order valence-electron chi connectivity index (χ4n) is 2.10. The zero-order valence-corrected chi connectivity index (χ0v) is 13.8. The normalized spacial score (nSPS) is 12.5. The standard InChI is InChI=1S/C17H18NO5P/c18-16(17(20)21)11-13(19)12-23-24(22,14-7-3-1-4-8-14)15-9-5-2-6-10-15/h1-10,16H,11-12,18H2,(H,20,21). The Balaban J connectivity index is 2.21. The van der Waals surface area contributed by atoms with Crippen LogP contribution in [-0.4, -0.2) is 29.5 Å². The summed E-state index contributed by atoms with van der Waals surface area (Å²) in [5.41, 5.74) is 5.33. The summed E-state index contributed by atoms with van der Waals surface area (Å²) in [6, 6.07) is 15.9. The van der Waals surface area contributed by atoms with Crippen LogP contribution in [0.25, 0.3) is 0 Å². The van der Waals surface area contributed by atoms with Gasteiger partial charge in [0.2, 0.25) is 0 Å². The van der Waals surface area contributed by atoms with Crippen LogP contribution in [0.3, 0.4) is 0 Å². The molecule has 0 aliphatic rings. The lowest BCUT2D eigenvalue weighted by atomic mass is 10.1. The van der Waals surface area contributed by atoms with E-state index in [9.17, 15) is 14.2 Å². The molecule has 1 atom stereocenters. The Morgan fingerprint density at radius 1 is 1.00 bits per heavy atom. The average Bonchev–Trinajstić information content (AvgIpc) is 2.61. The third-order valence-electron chi connectivity index (χ3n) is 3.36. The Labute approximate surface area is 139 Å². The zero-order valence-electron chi connectivity index (χ0n) is 12.9. The van der Waals surface area contributed by atoms with Crippen molar-refractivity contribution >= 4 is 29.7 Å². The minimum absolute atomic E-state index is 0.376. The molecule has 7 heteroatoms. The molecule has 0 heterocycles. The monoisotopic (exact) mass is 347 g/mol. The van der Waals surface area contributed by atoms with Gasteiger partial charge in [0.1, 0.15) is 12.6 Å². The molecule has 2 aromatic carbocycles. The van der Waals surface area contributed by atoms with Gasteiger partial charge in [0, 0.05) is 17.0 Å². The van der Waals surface area contributed by atoms with Gasteiger partial charge in [-0.05, 0) is 24.3 Å². The highest BCUT2D eigenvalue weighted by atomic mass is 31.2. The second-order valence-electron chi connectivity index (χ2n) is 5.18. The van der Waals surface area contributed by atoms with Gasteiger partial charge in [0.05, 0.1) is 0 Å². The van der Waals surface area contributed by atoms with Gasteiger partial charge in [-0.1, -0.05) is 36.4 Å². The van der Waals surface area contributed by atoms with Crippen LogP contribution >= 0.6 is 7.37 Å². The molecule has 0 aliphatic carbocycles. The number of hydrogen-bond donors (Lipinski definition) is 2. The van der Waals surface area contributed by atoms with Crippen LogP contribution in [0.5, 0.6) is 0 Å².